The zero-order valence-electron chi connectivity index (χ0n) is 11.6. The van der Waals surface area contributed by atoms with Crippen LogP contribution in [0, 0.1) is 6.92 Å². The molecule has 2 saturated heterocycles. The Morgan fingerprint density at radius 2 is 2.05 bits per heavy atom. The molecule has 0 aromatic carbocycles. The van der Waals surface area contributed by atoms with Gasteiger partial charge in [-0.2, -0.15) is 0 Å². The maximum absolute atomic E-state index is 5.52. The van der Waals surface area contributed by atoms with Crippen molar-refractivity contribution in [1.82, 2.24) is 15.3 Å². The van der Waals surface area contributed by atoms with Crippen LogP contribution in [-0.4, -0.2) is 34.7 Å². The number of fused-ring (bicyclic) bond motifs is 2. The molecule has 1 aromatic heterocycles. The van der Waals surface area contributed by atoms with Crippen LogP contribution in [0.25, 0.3) is 0 Å². The standard InChI is InChI=1S/C14H22N4O/c1-3-19-14-9(2)13(15-8-16-14)18-12-6-10-4-5-11(7-12)17-10/h8,10-12,17H,3-7H2,1-2H3,(H,15,16,18). The minimum absolute atomic E-state index is 0.516. The van der Waals surface area contributed by atoms with Crippen LogP contribution in [-0.2, 0) is 0 Å². The third-order valence-electron chi connectivity index (χ3n) is 4.13. The maximum atomic E-state index is 5.52. The summed E-state index contributed by atoms with van der Waals surface area (Å²) < 4.78 is 5.52. The van der Waals surface area contributed by atoms with Crippen molar-refractivity contribution in [2.24, 2.45) is 0 Å². The number of hydrogen-bond acceptors (Lipinski definition) is 5. The summed E-state index contributed by atoms with van der Waals surface area (Å²) in [6, 6.07) is 1.89. The smallest absolute Gasteiger partial charge is 0.221 e. The molecular formula is C14H22N4O. The predicted octanol–water partition coefficient (Wildman–Crippen LogP) is 1.88. The van der Waals surface area contributed by atoms with Gasteiger partial charge in [0.15, 0.2) is 0 Å². The van der Waals surface area contributed by atoms with Gasteiger partial charge in [-0.25, -0.2) is 9.97 Å². The van der Waals surface area contributed by atoms with Crippen molar-refractivity contribution in [3.8, 4) is 5.88 Å². The van der Waals surface area contributed by atoms with Crippen LogP contribution in [0.5, 0.6) is 5.88 Å². The Balaban J connectivity index is 1.71. The number of ether oxygens (including phenoxy) is 1. The lowest BCUT2D eigenvalue weighted by molar-refractivity contribution is 0.323. The van der Waals surface area contributed by atoms with E-state index in [9.17, 15) is 0 Å². The van der Waals surface area contributed by atoms with Crippen LogP contribution >= 0.6 is 0 Å². The van der Waals surface area contributed by atoms with Gasteiger partial charge in [0.05, 0.1) is 12.2 Å². The largest absolute Gasteiger partial charge is 0.478 e. The summed E-state index contributed by atoms with van der Waals surface area (Å²) in [6.45, 7) is 4.62. The molecule has 2 fully saturated rings. The van der Waals surface area contributed by atoms with E-state index in [0.717, 1.165) is 11.4 Å². The first-order valence-electron chi connectivity index (χ1n) is 7.23. The molecule has 2 aliphatic rings. The highest BCUT2D eigenvalue weighted by Gasteiger charge is 2.33. The third kappa shape index (κ3) is 2.66. The second-order valence-corrected chi connectivity index (χ2v) is 5.54. The number of anilines is 1. The minimum Gasteiger partial charge on any atom is -0.478 e. The summed E-state index contributed by atoms with van der Waals surface area (Å²) in [7, 11) is 0. The summed E-state index contributed by atoms with van der Waals surface area (Å²) in [5, 5.41) is 7.23. The predicted molar refractivity (Wildman–Crippen MR) is 74.5 cm³/mol. The zero-order chi connectivity index (χ0) is 13.2. The second kappa shape index (κ2) is 5.33. The first-order valence-corrected chi connectivity index (χ1v) is 7.23. The molecule has 0 spiro atoms. The molecule has 0 saturated carbocycles. The van der Waals surface area contributed by atoms with Gasteiger partial charge in [-0.05, 0) is 39.5 Å². The average Bonchev–Trinajstić information content (AvgIpc) is 2.74. The molecule has 2 atom stereocenters. The van der Waals surface area contributed by atoms with E-state index in [1.807, 2.05) is 13.8 Å². The maximum Gasteiger partial charge on any atom is 0.221 e. The number of nitrogens with one attached hydrogen (secondary N) is 2. The Labute approximate surface area is 114 Å². The van der Waals surface area contributed by atoms with Crippen LogP contribution in [0.1, 0.15) is 38.2 Å². The second-order valence-electron chi connectivity index (χ2n) is 5.54. The molecule has 19 heavy (non-hydrogen) atoms. The highest BCUT2D eigenvalue weighted by Crippen LogP contribution is 2.30. The molecule has 5 nitrogen and oxygen atoms in total. The van der Waals surface area contributed by atoms with Crippen molar-refractivity contribution >= 4 is 5.82 Å². The van der Waals surface area contributed by atoms with Gasteiger partial charge in [0.2, 0.25) is 5.88 Å². The highest BCUT2D eigenvalue weighted by atomic mass is 16.5. The Morgan fingerprint density at radius 3 is 2.74 bits per heavy atom. The highest BCUT2D eigenvalue weighted by molar-refractivity contribution is 5.48. The summed E-state index contributed by atoms with van der Waals surface area (Å²) in [4.78, 5) is 8.54. The van der Waals surface area contributed by atoms with E-state index in [1.54, 1.807) is 6.33 Å². The van der Waals surface area contributed by atoms with Gasteiger partial charge in [-0.15, -0.1) is 0 Å². The SMILES string of the molecule is CCOc1ncnc(NC2CC3CCC(C2)N3)c1C. The van der Waals surface area contributed by atoms with Crippen molar-refractivity contribution in [1.29, 1.82) is 0 Å². The Hall–Kier alpha value is -1.36. The van der Waals surface area contributed by atoms with Gasteiger partial charge in [0, 0.05) is 18.1 Å². The fraction of sp³-hybridized carbons (Fsp3) is 0.714. The number of hydrogen-bond donors (Lipinski definition) is 2. The molecule has 2 N–H and O–H groups in total. The van der Waals surface area contributed by atoms with E-state index in [2.05, 4.69) is 20.6 Å². The summed E-state index contributed by atoms with van der Waals surface area (Å²) in [6.07, 6.45) is 6.58. The van der Waals surface area contributed by atoms with E-state index >= 15 is 0 Å². The van der Waals surface area contributed by atoms with E-state index in [1.165, 1.54) is 25.7 Å². The number of rotatable bonds is 4. The lowest BCUT2D eigenvalue weighted by Crippen LogP contribution is -2.43. The minimum atomic E-state index is 0.516. The van der Waals surface area contributed by atoms with Gasteiger partial charge in [-0.1, -0.05) is 0 Å². The van der Waals surface area contributed by atoms with Crippen LogP contribution in [0.3, 0.4) is 0 Å². The summed E-state index contributed by atoms with van der Waals surface area (Å²) >= 11 is 0. The third-order valence-corrected chi connectivity index (χ3v) is 4.13. The van der Waals surface area contributed by atoms with Crippen molar-refractivity contribution in [3.63, 3.8) is 0 Å². The lowest BCUT2D eigenvalue weighted by Gasteiger charge is -2.30. The summed E-state index contributed by atoms with van der Waals surface area (Å²) in [5.74, 6) is 1.61. The molecular weight excluding hydrogens is 240 g/mol. The van der Waals surface area contributed by atoms with Crippen LogP contribution in [0.15, 0.2) is 6.33 Å². The fourth-order valence-electron chi connectivity index (χ4n) is 3.23. The average molecular weight is 262 g/mol. The van der Waals surface area contributed by atoms with E-state index in [4.69, 9.17) is 4.74 Å². The fourth-order valence-corrected chi connectivity index (χ4v) is 3.23. The van der Waals surface area contributed by atoms with Crippen LogP contribution in [0.2, 0.25) is 0 Å². The molecule has 0 amide bonds. The van der Waals surface area contributed by atoms with Crippen molar-refractivity contribution < 1.29 is 4.74 Å². The van der Waals surface area contributed by atoms with Crippen LogP contribution < -0.4 is 15.4 Å². The molecule has 2 aliphatic heterocycles. The van der Waals surface area contributed by atoms with E-state index < -0.39 is 0 Å². The van der Waals surface area contributed by atoms with E-state index in [0.29, 0.717) is 30.6 Å². The van der Waals surface area contributed by atoms with E-state index in [-0.39, 0.29) is 0 Å². The topological polar surface area (TPSA) is 59.1 Å². The Kier molecular flexibility index (Phi) is 3.55. The van der Waals surface area contributed by atoms with Crippen molar-refractivity contribution in [3.05, 3.63) is 11.9 Å². The van der Waals surface area contributed by atoms with Gasteiger partial charge in [-0.3, -0.25) is 0 Å². The molecule has 5 heteroatoms. The van der Waals surface area contributed by atoms with Gasteiger partial charge < -0.3 is 15.4 Å². The first-order chi connectivity index (χ1) is 9.26. The normalized spacial score (nSPS) is 29.3. The quantitative estimate of drug-likeness (QED) is 0.867. The first kappa shape index (κ1) is 12.7. The Bertz CT molecular complexity index is 439. The lowest BCUT2D eigenvalue weighted by atomic mass is 10.00. The number of piperidine rings is 1. The Morgan fingerprint density at radius 1 is 1.32 bits per heavy atom. The van der Waals surface area contributed by atoms with Gasteiger partial charge >= 0.3 is 0 Å². The van der Waals surface area contributed by atoms with Crippen LogP contribution in [0.4, 0.5) is 5.82 Å². The molecule has 0 aliphatic carbocycles. The molecule has 104 valence electrons. The number of aromatic nitrogens is 2. The molecule has 3 heterocycles. The molecule has 2 unspecified atom stereocenters. The van der Waals surface area contributed by atoms with Crippen molar-refractivity contribution in [2.45, 2.75) is 57.7 Å². The zero-order valence-corrected chi connectivity index (χ0v) is 11.6. The molecule has 2 bridgehead atoms. The molecule has 1 aromatic rings. The summed E-state index contributed by atoms with van der Waals surface area (Å²) in [5.41, 5.74) is 1.01. The van der Waals surface area contributed by atoms with Gasteiger partial charge in [0.25, 0.3) is 0 Å². The monoisotopic (exact) mass is 262 g/mol. The van der Waals surface area contributed by atoms with Crippen molar-refractivity contribution in [2.75, 3.05) is 11.9 Å². The molecule has 3 rings (SSSR count). The number of nitrogens with zero attached hydrogens (tertiary/aromatic N) is 2. The van der Waals surface area contributed by atoms with Gasteiger partial charge in [0.1, 0.15) is 12.1 Å². The molecule has 0 radical (unpaired) electrons.